The number of rotatable bonds is 3. The lowest BCUT2D eigenvalue weighted by atomic mass is 10.1. The van der Waals surface area contributed by atoms with Crippen molar-refractivity contribution in [2.24, 2.45) is 21.7 Å². The molecule has 0 amide bonds. The van der Waals surface area contributed by atoms with Crippen LogP contribution in [0.5, 0.6) is 0 Å². The van der Waals surface area contributed by atoms with E-state index >= 15 is 0 Å². The molecule has 0 aliphatic carbocycles. The zero-order chi connectivity index (χ0) is 12.8. The minimum absolute atomic E-state index is 0.0721. The normalized spacial score (nSPS) is 15.9. The van der Waals surface area contributed by atoms with Crippen molar-refractivity contribution in [3.8, 4) is 0 Å². The van der Waals surface area contributed by atoms with Crippen LogP contribution in [0.3, 0.4) is 0 Å². The topological polar surface area (TPSA) is 106 Å². The monoisotopic (exact) mass is 247 g/mol. The summed E-state index contributed by atoms with van der Waals surface area (Å²) in [6, 6.07) is 0. The Morgan fingerprint density at radius 1 is 1.17 bits per heavy atom. The molecule has 1 fully saturated rings. The van der Waals surface area contributed by atoms with Crippen molar-refractivity contribution in [2.75, 3.05) is 18.0 Å². The van der Waals surface area contributed by atoms with Crippen LogP contribution in [-0.4, -0.2) is 35.2 Å². The fourth-order valence-electron chi connectivity index (χ4n) is 1.82. The van der Waals surface area contributed by atoms with E-state index in [-0.39, 0.29) is 5.96 Å². The van der Waals surface area contributed by atoms with E-state index in [0.29, 0.717) is 0 Å². The summed E-state index contributed by atoms with van der Waals surface area (Å²) in [5.74, 6) is 0.700. The van der Waals surface area contributed by atoms with Crippen LogP contribution in [0.15, 0.2) is 22.6 Å². The smallest absolute Gasteiger partial charge is 0.225 e. The van der Waals surface area contributed by atoms with Crippen molar-refractivity contribution in [1.82, 2.24) is 9.97 Å². The third-order valence-corrected chi connectivity index (χ3v) is 2.68. The van der Waals surface area contributed by atoms with Crippen LogP contribution in [0.25, 0.3) is 0 Å². The number of guanidine groups is 1. The fourth-order valence-corrected chi connectivity index (χ4v) is 1.82. The molecule has 0 radical (unpaired) electrons. The molecule has 0 spiro atoms. The highest BCUT2D eigenvalue weighted by Gasteiger charge is 2.12. The summed E-state index contributed by atoms with van der Waals surface area (Å²) in [5, 5.41) is 7.21. The molecule has 0 aromatic carbocycles. The van der Waals surface area contributed by atoms with Gasteiger partial charge in [-0.3, -0.25) is 0 Å². The summed E-state index contributed by atoms with van der Waals surface area (Å²) in [6.45, 7) is 2.06. The Morgan fingerprint density at radius 3 is 2.44 bits per heavy atom. The van der Waals surface area contributed by atoms with Crippen LogP contribution in [0, 0.1) is 0 Å². The van der Waals surface area contributed by atoms with Gasteiger partial charge in [-0.2, -0.15) is 5.10 Å². The molecule has 1 aliphatic rings. The Bertz CT molecular complexity index is 427. The number of piperidine rings is 1. The Labute approximate surface area is 106 Å². The van der Waals surface area contributed by atoms with E-state index in [1.165, 1.54) is 25.5 Å². The highest BCUT2D eigenvalue weighted by molar-refractivity contribution is 5.80. The number of nitrogens with zero attached hydrogens (tertiary/aromatic N) is 5. The van der Waals surface area contributed by atoms with E-state index in [4.69, 9.17) is 11.5 Å². The maximum atomic E-state index is 5.15. The molecule has 7 nitrogen and oxygen atoms in total. The van der Waals surface area contributed by atoms with Crippen LogP contribution in [0.4, 0.5) is 5.95 Å². The van der Waals surface area contributed by atoms with Gasteiger partial charge in [-0.15, -0.1) is 5.10 Å². The second-order valence-electron chi connectivity index (χ2n) is 4.13. The largest absolute Gasteiger partial charge is 0.369 e. The van der Waals surface area contributed by atoms with E-state index in [9.17, 15) is 0 Å². The Kier molecular flexibility index (Phi) is 4.06. The van der Waals surface area contributed by atoms with Gasteiger partial charge in [-0.05, 0) is 19.3 Å². The number of hydrogen-bond acceptors (Lipinski definition) is 5. The number of nitrogens with two attached hydrogens (primary N) is 2. The first-order chi connectivity index (χ1) is 8.75. The van der Waals surface area contributed by atoms with Gasteiger partial charge in [0.15, 0.2) is 0 Å². The molecular weight excluding hydrogens is 230 g/mol. The molecule has 0 saturated carbocycles. The number of anilines is 1. The lowest BCUT2D eigenvalue weighted by molar-refractivity contribution is 0.568. The predicted molar refractivity (Wildman–Crippen MR) is 71.5 cm³/mol. The second kappa shape index (κ2) is 5.95. The van der Waals surface area contributed by atoms with E-state index in [1.807, 2.05) is 0 Å². The molecule has 1 saturated heterocycles. The van der Waals surface area contributed by atoms with Crippen molar-refractivity contribution in [3.63, 3.8) is 0 Å². The quantitative estimate of drug-likeness (QED) is 0.447. The van der Waals surface area contributed by atoms with Gasteiger partial charge < -0.3 is 16.4 Å². The molecule has 7 heteroatoms. The summed E-state index contributed by atoms with van der Waals surface area (Å²) in [6.07, 6.45) is 8.64. The van der Waals surface area contributed by atoms with Crippen LogP contribution in [0.1, 0.15) is 24.8 Å². The average molecular weight is 247 g/mol. The third kappa shape index (κ3) is 3.41. The van der Waals surface area contributed by atoms with Gasteiger partial charge in [-0.1, -0.05) is 0 Å². The molecule has 96 valence electrons. The second-order valence-corrected chi connectivity index (χ2v) is 4.13. The summed E-state index contributed by atoms with van der Waals surface area (Å²) in [7, 11) is 0. The summed E-state index contributed by atoms with van der Waals surface area (Å²) >= 11 is 0. The highest BCUT2D eigenvalue weighted by atomic mass is 15.3. The van der Waals surface area contributed by atoms with Gasteiger partial charge in [0, 0.05) is 31.0 Å². The zero-order valence-electron chi connectivity index (χ0n) is 10.2. The minimum atomic E-state index is -0.0721. The maximum Gasteiger partial charge on any atom is 0.225 e. The van der Waals surface area contributed by atoms with E-state index < -0.39 is 0 Å². The molecule has 0 bridgehead atoms. The maximum absolute atomic E-state index is 5.15. The van der Waals surface area contributed by atoms with Gasteiger partial charge in [0.1, 0.15) is 0 Å². The zero-order valence-corrected chi connectivity index (χ0v) is 10.2. The highest BCUT2D eigenvalue weighted by Crippen LogP contribution is 2.14. The number of hydrogen-bond donors (Lipinski definition) is 2. The summed E-state index contributed by atoms with van der Waals surface area (Å²) < 4.78 is 0. The first kappa shape index (κ1) is 12.3. The summed E-state index contributed by atoms with van der Waals surface area (Å²) in [4.78, 5) is 10.8. The Morgan fingerprint density at radius 2 is 1.83 bits per heavy atom. The first-order valence-corrected chi connectivity index (χ1v) is 5.94. The minimum Gasteiger partial charge on any atom is -0.369 e. The van der Waals surface area contributed by atoms with Gasteiger partial charge in [0.2, 0.25) is 11.9 Å². The van der Waals surface area contributed by atoms with Crippen LogP contribution in [0.2, 0.25) is 0 Å². The standard InChI is InChI=1S/C11H17N7/c12-10(13)17-16-8-9-6-14-11(15-7-9)18-4-2-1-3-5-18/h6-8H,1-5H2,(H4,12,13,17)/b16-8-. The van der Waals surface area contributed by atoms with Crippen LogP contribution >= 0.6 is 0 Å². The molecule has 18 heavy (non-hydrogen) atoms. The van der Waals surface area contributed by atoms with Gasteiger partial charge in [-0.25, -0.2) is 9.97 Å². The molecule has 2 rings (SSSR count). The SMILES string of the molecule is NC(N)=N/N=C\c1cnc(N2CCCCC2)nc1. The molecule has 4 N–H and O–H groups in total. The van der Waals surface area contributed by atoms with Gasteiger partial charge in [0.05, 0.1) is 6.21 Å². The molecule has 2 heterocycles. The van der Waals surface area contributed by atoms with Crippen molar-refractivity contribution < 1.29 is 0 Å². The van der Waals surface area contributed by atoms with E-state index in [1.54, 1.807) is 12.4 Å². The van der Waals surface area contributed by atoms with Gasteiger partial charge in [0.25, 0.3) is 0 Å². The van der Waals surface area contributed by atoms with Crippen molar-refractivity contribution >= 4 is 18.1 Å². The number of aromatic nitrogens is 2. The molecule has 1 aromatic rings. The molecule has 0 atom stereocenters. The lowest BCUT2D eigenvalue weighted by Crippen LogP contribution is -2.30. The van der Waals surface area contributed by atoms with Crippen LogP contribution < -0.4 is 16.4 Å². The van der Waals surface area contributed by atoms with E-state index in [0.717, 1.165) is 24.6 Å². The molecule has 0 unspecified atom stereocenters. The third-order valence-electron chi connectivity index (χ3n) is 2.68. The fraction of sp³-hybridized carbons (Fsp3) is 0.455. The van der Waals surface area contributed by atoms with Crippen molar-refractivity contribution in [3.05, 3.63) is 18.0 Å². The molecule has 1 aromatic heterocycles. The average Bonchev–Trinajstić information content (AvgIpc) is 2.40. The Balaban J connectivity index is 2.00. The lowest BCUT2D eigenvalue weighted by Gasteiger charge is -2.26. The molecular formula is C11H17N7. The van der Waals surface area contributed by atoms with Crippen molar-refractivity contribution in [2.45, 2.75) is 19.3 Å². The van der Waals surface area contributed by atoms with Gasteiger partial charge >= 0.3 is 0 Å². The summed E-state index contributed by atoms with van der Waals surface area (Å²) in [5.41, 5.74) is 11.1. The Hall–Kier alpha value is -2.18. The molecule has 1 aliphatic heterocycles. The first-order valence-electron chi connectivity index (χ1n) is 5.94. The van der Waals surface area contributed by atoms with Crippen molar-refractivity contribution in [1.29, 1.82) is 0 Å². The van der Waals surface area contributed by atoms with E-state index in [2.05, 4.69) is 25.1 Å². The predicted octanol–water partition coefficient (Wildman–Crippen LogP) is 0.0742. The van der Waals surface area contributed by atoms with Crippen LogP contribution in [-0.2, 0) is 0 Å².